The molecule has 1 heterocycles. The zero-order valence-corrected chi connectivity index (χ0v) is 18.7. The summed E-state index contributed by atoms with van der Waals surface area (Å²) < 4.78 is 5.64. The summed E-state index contributed by atoms with van der Waals surface area (Å²) >= 11 is 6.06. The molecule has 150 valence electrons. The number of carbonyl (C=O) groups is 1. The van der Waals surface area contributed by atoms with Crippen molar-refractivity contribution in [2.45, 2.75) is 25.8 Å². The second kappa shape index (κ2) is 10.5. The number of amides is 1. The van der Waals surface area contributed by atoms with Crippen LogP contribution in [-0.4, -0.2) is 25.0 Å². The lowest BCUT2D eigenvalue weighted by Gasteiger charge is -2.26. The van der Waals surface area contributed by atoms with E-state index in [1.807, 2.05) is 37.3 Å². The molecule has 2 aromatic carbocycles. The highest BCUT2D eigenvalue weighted by molar-refractivity contribution is 14.0. The predicted molar refractivity (Wildman–Crippen MR) is 124 cm³/mol. The molecule has 0 spiro atoms. The van der Waals surface area contributed by atoms with Gasteiger partial charge in [-0.2, -0.15) is 0 Å². The Morgan fingerprint density at radius 3 is 2.89 bits per heavy atom. The maximum atomic E-state index is 12.1. The van der Waals surface area contributed by atoms with E-state index in [4.69, 9.17) is 22.1 Å². The average molecular weight is 515 g/mol. The predicted octanol–water partition coefficient (Wildman–Crippen LogP) is 4.02. The summed E-state index contributed by atoms with van der Waals surface area (Å²) in [5, 5.41) is 6.68. The summed E-state index contributed by atoms with van der Waals surface area (Å²) in [6.07, 6.45) is 1.04. The minimum Gasteiger partial charge on any atom is -0.493 e. The van der Waals surface area contributed by atoms with Gasteiger partial charge in [-0.25, -0.2) is 0 Å². The van der Waals surface area contributed by atoms with Gasteiger partial charge in [0.1, 0.15) is 5.75 Å². The van der Waals surface area contributed by atoms with Crippen LogP contribution in [0.1, 0.15) is 30.0 Å². The van der Waals surface area contributed by atoms with Crippen LogP contribution in [0.25, 0.3) is 0 Å². The van der Waals surface area contributed by atoms with E-state index in [9.17, 15) is 4.79 Å². The number of fused-ring (bicyclic) bond motifs is 1. The van der Waals surface area contributed by atoms with Gasteiger partial charge in [-0.15, -0.1) is 24.0 Å². The van der Waals surface area contributed by atoms with Crippen molar-refractivity contribution in [2.24, 2.45) is 10.7 Å². The Labute approximate surface area is 186 Å². The Bertz CT molecular complexity index is 860. The van der Waals surface area contributed by atoms with E-state index in [-0.39, 0.29) is 42.3 Å². The molecule has 1 atom stereocenters. The van der Waals surface area contributed by atoms with Gasteiger partial charge in [0, 0.05) is 29.1 Å². The maximum absolute atomic E-state index is 12.1. The second-order valence-electron chi connectivity index (χ2n) is 6.35. The molecule has 0 fully saturated rings. The van der Waals surface area contributed by atoms with Gasteiger partial charge in [-0.1, -0.05) is 35.9 Å². The molecule has 0 radical (unpaired) electrons. The molecule has 0 saturated carbocycles. The average Bonchev–Trinajstić information content (AvgIpc) is 2.66. The smallest absolute Gasteiger partial charge is 0.226 e. The van der Waals surface area contributed by atoms with Crippen LogP contribution in [-0.2, 0) is 4.79 Å². The van der Waals surface area contributed by atoms with E-state index in [0.717, 1.165) is 23.3 Å². The molecule has 6 nitrogen and oxygen atoms in total. The molecular formula is C20H24ClIN4O2. The molecule has 0 aliphatic carbocycles. The SMILES string of the molecule is Cc1c(Cl)cccc1NC(=O)CCN=C(N)NC1CCOc2ccccc21.I. The fraction of sp³-hybridized carbons (Fsp3) is 0.300. The number of ether oxygens (including phenoxy) is 1. The number of nitrogens with one attached hydrogen (secondary N) is 2. The van der Waals surface area contributed by atoms with Crippen LogP contribution < -0.4 is 21.1 Å². The first-order valence-electron chi connectivity index (χ1n) is 8.87. The van der Waals surface area contributed by atoms with E-state index in [2.05, 4.69) is 15.6 Å². The summed E-state index contributed by atoms with van der Waals surface area (Å²) in [6, 6.07) is 13.3. The van der Waals surface area contributed by atoms with Gasteiger partial charge in [0.2, 0.25) is 5.91 Å². The number of rotatable bonds is 5. The number of carbonyl (C=O) groups excluding carboxylic acids is 1. The van der Waals surface area contributed by atoms with Gasteiger partial charge in [-0.05, 0) is 30.7 Å². The highest BCUT2D eigenvalue weighted by Crippen LogP contribution is 2.31. The first kappa shape index (κ1) is 22.3. The van der Waals surface area contributed by atoms with Gasteiger partial charge < -0.3 is 21.1 Å². The van der Waals surface area contributed by atoms with E-state index in [0.29, 0.717) is 29.8 Å². The first-order chi connectivity index (χ1) is 13.0. The maximum Gasteiger partial charge on any atom is 0.226 e. The third-order valence-corrected chi connectivity index (χ3v) is 4.85. The minimum atomic E-state index is -0.131. The topological polar surface area (TPSA) is 88.7 Å². The number of aliphatic imine (C=N–C) groups is 1. The number of para-hydroxylation sites is 1. The monoisotopic (exact) mass is 514 g/mol. The number of guanidine groups is 1. The van der Waals surface area contributed by atoms with Crippen LogP contribution in [0.2, 0.25) is 5.02 Å². The highest BCUT2D eigenvalue weighted by Gasteiger charge is 2.21. The summed E-state index contributed by atoms with van der Waals surface area (Å²) in [5.41, 5.74) is 8.61. The van der Waals surface area contributed by atoms with Gasteiger partial charge in [-0.3, -0.25) is 9.79 Å². The first-order valence-corrected chi connectivity index (χ1v) is 9.25. The van der Waals surface area contributed by atoms with Crippen LogP contribution in [0.5, 0.6) is 5.75 Å². The summed E-state index contributed by atoms with van der Waals surface area (Å²) in [7, 11) is 0. The Morgan fingerprint density at radius 2 is 2.07 bits per heavy atom. The van der Waals surface area contributed by atoms with E-state index in [1.54, 1.807) is 12.1 Å². The van der Waals surface area contributed by atoms with Crippen molar-refractivity contribution in [3.05, 3.63) is 58.6 Å². The Kier molecular flexibility index (Phi) is 8.37. The van der Waals surface area contributed by atoms with Crippen molar-refractivity contribution in [3.63, 3.8) is 0 Å². The largest absolute Gasteiger partial charge is 0.493 e. The molecule has 4 N–H and O–H groups in total. The number of anilines is 1. The summed E-state index contributed by atoms with van der Waals surface area (Å²) in [4.78, 5) is 16.4. The summed E-state index contributed by atoms with van der Waals surface area (Å²) in [5.74, 6) is 1.06. The Hall–Kier alpha value is -2.00. The number of nitrogens with zero attached hydrogens (tertiary/aromatic N) is 1. The number of hydrogen-bond acceptors (Lipinski definition) is 3. The van der Waals surface area contributed by atoms with Gasteiger partial charge >= 0.3 is 0 Å². The molecule has 1 aliphatic heterocycles. The quantitative estimate of drug-likeness (QED) is 0.319. The standard InChI is InChI=1S/C20H23ClN4O2.HI/c1-13-15(21)6-4-7-16(13)24-19(26)9-11-23-20(22)25-17-10-12-27-18-8-3-2-5-14(17)18;/h2-8,17H,9-12H2,1H3,(H,24,26)(H3,22,23,25);1H. The molecule has 0 bridgehead atoms. The van der Waals surface area contributed by atoms with Crippen LogP contribution in [0, 0.1) is 6.92 Å². The van der Waals surface area contributed by atoms with E-state index in [1.165, 1.54) is 0 Å². The zero-order chi connectivity index (χ0) is 19.2. The lowest BCUT2D eigenvalue weighted by molar-refractivity contribution is -0.116. The lowest BCUT2D eigenvalue weighted by atomic mass is 10.0. The molecule has 1 unspecified atom stereocenters. The van der Waals surface area contributed by atoms with Crippen molar-refractivity contribution in [1.29, 1.82) is 0 Å². The van der Waals surface area contributed by atoms with Crippen LogP contribution >= 0.6 is 35.6 Å². The highest BCUT2D eigenvalue weighted by atomic mass is 127. The number of nitrogens with two attached hydrogens (primary N) is 1. The van der Waals surface area contributed by atoms with Gasteiger partial charge in [0.25, 0.3) is 0 Å². The third kappa shape index (κ3) is 5.75. The summed E-state index contributed by atoms with van der Waals surface area (Å²) in [6.45, 7) is 2.79. The molecule has 8 heteroatoms. The Morgan fingerprint density at radius 1 is 1.29 bits per heavy atom. The molecule has 28 heavy (non-hydrogen) atoms. The second-order valence-corrected chi connectivity index (χ2v) is 6.76. The zero-order valence-electron chi connectivity index (χ0n) is 15.6. The Balaban J connectivity index is 0.00000280. The van der Waals surface area contributed by atoms with Crippen molar-refractivity contribution in [1.82, 2.24) is 5.32 Å². The fourth-order valence-electron chi connectivity index (χ4n) is 2.95. The van der Waals surface area contributed by atoms with Crippen molar-refractivity contribution in [3.8, 4) is 5.75 Å². The van der Waals surface area contributed by atoms with Gasteiger partial charge in [0.15, 0.2) is 5.96 Å². The molecule has 2 aromatic rings. The van der Waals surface area contributed by atoms with Crippen molar-refractivity contribution in [2.75, 3.05) is 18.5 Å². The minimum absolute atomic E-state index is 0. The molecule has 0 saturated heterocycles. The fourth-order valence-corrected chi connectivity index (χ4v) is 3.12. The number of hydrogen-bond donors (Lipinski definition) is 3. The lowest BCUT2D eigenvalue weighted by Crippen LogP contribution is -2.37. The van der Waals surface area contributed by atoms with Crippen molar-refractivity contribution >= 4 is 53.1 Å². The molecule has 0 aromatic heterocycles. The number of halogens is 2. The van der Waals surface area contributed by atoms with E-state index < -0.39 is 0 Å². The van der Waals surface area contributed by atoms with Gasteiger partial charge in [0.05, 0.1) is 19.2 Å². The molecule has 1 aliphatic rings. The van der Waals surface area contributed by atoms with E-state index >= 15 is 0 Å². The third-order valence-electron chi connectivity index (χ3n) is 4.44. The number of benzene rings is 2. The molecule has 1 amide bonds. The van der Waals surface area contributed by atoms with Crippen molar-refractivity contribution < 1.29 is 9.53 Å². The van der Waals surface area contributed by atoms with Crippen LogP contribution in [0.3, 0.4) is 0 Å². The van der Waals surface area contributed by atoms with Crippen LogP contribution in [0.4, 0.5) is 5.69 Å². The molecule has 3 rings (SSSR count). The molecular weight excluding hydrogens is 491 g/mol. The normalized spacial score (nSPS) is 15.6. The van der Waals surface area contributed by atoms with Crippen LogP contribution in [0.15, 0.2) is 47.5 Å².